The molecule has 0 aromatic heterocycles. The number of nitrogens with zero attached hydrogens (tertiary/aromatic N) is 4. The van der Waals surface area contributed by atoms with Crippen molar-refractivity contribution in [2.75, 3.05) is 6.61 Å². The standard InChI is InChI=1S/C21H16N4O8/c1-3-33-21(28)17(11(2)26)18-15-6-4-5-7-16(15)19(22-18)23-20(27)12-8-13(24(29)30)10-14(9-12)25(31)32/h4-10,26H,3H2,1-2H3. The third-order valence-corrected chi connectivity index (χ3v) is 4.50. The number of hydrogen-bond acceptors (Lipinski definition) is 8. The van der Waals surface area contributed by atoms with Gasteiger partial charge in [-0.25, -0.2) is 9.79 Å². The van der Waals surface area contributed by atoms with Gasteiger partial charge in [-0.2, -0.15) is 4.99 Å². The Bertz CT molecular complexity index is 1260. The van der Waals surface area contributed by atoms with Gasteiger partial charge in [-0.3, -0.25) is 25.0 Å². The van der Waals surface area contributed by atoms with Crippen molar-refractivity contribution in [3.8, 4) is 0 Å². The predicted octanol–water partition coefficient (Wildman–Crippen LogP) is 3.29. The first-order valence-electron chi connectivity index (χ1n) is 9.46. The van der Waals surface area contributed by atoms with Crippen LogP contribution in [0.3, 0.4) is 0 Å². The van der Waals surface area contributed by atoms with Gasteiger partial charge in [0.2, 0.25) is 0 Å². The van der Waals surface area contributed by atoms with Crippen LogP contribution in [0.25, 0.3) is 0 Å². The fourth-order valence-corrected chi connectivity index (χ4v) is 3.10. The fraction of sp³-hybridized carbons (Fsp3) is 0.143. The van der Waals surface area contributed by atoms with E-state index in [0.717, 1.165) is 18.2 Å². The number of nitro groups is 2. The Morgan fingerprint density at radius 3 is 2.15 bits per heavy atom. The molecule has 0 bridgehead atoms. The SMILES string of the molecule is CCOC(=O)C(C1=NC(=NC(=O)c2cc([N+](=O)[O-])cc([N+](=O)[O-])c2)c2ccccc21)=C(C)O. The number of hydrogen-bond donors (Lipinski definition) is 1. The van der Waals surface area contributed by atoms with Gasteiger partial charge in [-0.05, 0) is 13.8 Å². The highest BCUT2D eigenvalue weighted by Crippen LogP contribution is 2.27. The number of amidine groups is 1. The van der Waals surface area contributed by atoms with E-state index in [1.165, 1.54) is 6.92 Å². The quantitative estimate of drug-likeness (QED) is 0.228. The molecule has 0 aliphatic carbocycles. The van der Waals surface area contributed by atoms with Gasteiger partial charge in [-0.1, -0.05) is 24.3 Å². The van der Waals surface area contributed by atoms with E-state index in [-0.39, 0.29) is 35.0 Å². The maximum Gasteiger partial charge on any atom is 0.343 e. The number of ether oxygens (including phenoxy) is 1. The first kappa shape index (κ1) is 22.9. The number of carbonyl (C=O) groups excluding carboxylic acids is 2. The lowest BCUT2D eigenvalue weighted by Gasteiger charge is -2.08. The minimum Gasteiger partial charge on any atom is -0.512 e. The van der Waals surface area contributed by atoms with Gasteiger partial charge in [0.05, 0.1) is 33.8 Å². The predicted molar refractivity (Wildman–Crippen MR) is 116 cm³/mol. The van der Waals surface area contributed by atoms with Crippen molar-refractivity contribution in [1.82, 2.24) is 0 Å². The molecule has 1 aliphatic heterocycles. The molecule has 0 spiro atoms. The second kappa shape index (κ2) is 9.18. The van der Waals surface area contributed by atoms with Crippen LogP contribution in [0.15, 0.2) is 63.8 Å². The van der Waals surface area contributed by atoms with Gasteiger partial charge in [0.1, 0.15) is 11.3 Å². The summed E-state index contributed by atoms with van der Waals surface area (Å²) >= 11 is 0. The van der Waals surface area contributed by atoms with Gasteiger partial charge in [0.15, 0.2) is 5.84 Å². The first-order valence-corrected chi connectivity index (χ1v) is 9.46. The summed E-state index contributed by atoms with van der Waals surface area (Å²) in [6, 6.07) is 8.92. The topological polar surface area (TPSA) is 175 Å². The van der Waals surface area contributed by atoms with Crippen LogP contribution < -0.4 is 0 Å². The minimum absolute atomic E-state index is 0.0284. The zero-order valence-corrected chi connectivity index (χ0v) is 17.3. The van der Waals surface area contributed by atoms with Crippen LogP contribution in [0, 0.1) is 20.2 Å². The zero-order valence-electron chi connectivity index (χ0n) is 17.3. The van der Waals surface area contributed by atoms with Gasteiger partial charge in [-0.15, -0.1) is 0 Å². The van der Waals surface area contributed by atoms with E-state index >= 15 is 0 Å². The summed E-state index contributed by atoms with van der Waals surface area (Å²) in [7, 11) is 0. The highest BCUT2D eigenvalue weighted by atomic mass is 16.6. The molecule has 0 radical (unpaired) electrons. The number of aliphatic hydroxyl groups is 1. The van der Waals surface area contributed by atoms with E-state index in [0.29, 0.717) is 11.1 Å². The largest absolute Gasteiger partial charge is 0.512 e. The summed E-state index contributed by atoms with van der Waals surface area (Å²) < 4.78 is 4.98. The summed E-state index contributed by atoms with van der Waals surface area (Å²) in [5.41, 5.74) is -1.12. The van der Waals surface area contributed by atoms with Crippen molar-refractivity contribution in [2.24, 2.45) is 9.98 Å². The van der Waals surface area contributed by atoms with Crippen molar-refractivity contribution in [3.63, 3.8) is 0 Å². The second-order valence-electron chi connectivity index (χ2n) is 6.68. The Morgan fingerprint density at radius 1 is 1.06 bits per heavy atom. The Kier molecular flexibility index (Phi) is 6.38. The van der Waals surface area contributed by atoms with Crippen LogP contribution in [0.1, 0.15) is 35.3 Å². The summed E-state index contributed by atoms with van der Waals surface area (Å²) in [6.07, 6.45) is 0. The molecule has 12 heteroatoms. The van der Waals surface area contributed by atoms with Crippen molar-refractivity contribution in [3.05, 3.63) is 90.7 Å². The molecule has 33 heavy (non-hydrogen) atoms. The number of nitro benzene ring substituents is 2. The van der Waals surface area contributed by atoms with Crippen LogP contribution in [-0.4, -0.2) is 45.0 Å². The van der Waals surface area contributed by atoms with Gasteiger partial charge in [0, 0.05) is 23.3 Å². The normalized spacial score (nSPS) is 14.2. The maximum atomic E-state index is 12.8. The number of benzene rings is 2. The van der Waals surface area contributed by atoms with Gasteiger partial charge >= 0.3 is 5.97 Å². The fourth-order valence-electron chi connectivity index (χ4n) is 3.10. The number of aliphatic imine (C=N–C) groups is 2. The highest BCUT2D eigenvalue weighted by molar-refractivity contribution is 6.36. The Morgan fingerprint density at radius 2 is 1.64 bits per heavy atom. The Hall–Kier alpha value is -4.74. The summed E-state index contributed by atoms with van der Waals surface area (Å²) in [4.78, 5) is 53.7. The van der Waals surface area contributed by atoms with E-state index < -0.39 is 33.1 Å². The summed E-state index contributed by atoms with van der Waals surface area (Å²) in [5, 5.41) is 32.3. The molecule has 0 saturated carbocycles. The number of allylic oxidation sites excluding steroid dienone is 1. The molecule has 1 amide bonds. The molecule has 12 nitrogen and oxygen atoms in total. The van der Waals surface area contributed by atoms with E-state index in [9.17, 15) is 34.9 Å². The molecular weight excluding hydrogens is 436 g/mol. The van der Waals surface area contributed by atoms with Crippen LogP contribution in [0.4, 0.5) is 11.4 Å². The van der Waals surface area contributed by atoms with Crippen molar-refractivity contribution in [1.29, 1.82) is 0 Å². The summed E-state index contributed by atoms with van der Waals surface area (Å²) in [5.74, 6) is -2.33. The van der Waals surface area contributed by atoms with Crippen LogP contribution >= 0.6 is 0 Å². The Balaban J connectivity index is 2.13. The molecule has 0 fully saturated rings. The van der Waals surface area contributed by atoms with Crippen LogP contribution in [0.2, 0.25) is 0 Å². The molecule has 0 saturated heterocycles. The number of esters is 1. The van der Waals surface area contributed by atoms with Gasteiger partial charge < -0.3 is 9.84 Å². The van der Waals surface area contributed by atoms with E-state index in [4.69, 9.17) is 4.74 Å². The average Bonchev–Trinajstić information content (AvgIpc) is 3.11. The number of non-ortho nitro benzene ring substituents is 2. The molecule has 168 valence electrons. The highest BCUT2D eigenvalue weighted by Gasteiger charge is 2.31. The lowest BCUT2D eigenvalue weighted by atomic mass is 9.99. The number of amides is 1. The Labute approximate surface area is 185 Å². The molecular formula is C21H16N4O8. The molecule has 0 atom stereocenters. The molecule has 1 aliphatic rings. The minimum atomic E-state index is -1.01. The number of fused-ring (bicyclic) bond motifs is 1. The third-order valence-electron chi connectivity index (χ3n) is 4.50. The van der Waals surface area contributed by atoms with Crippen LogP contribution in [-0.2, 0) is 9.53 Å². The molecule has 0 unspecified atom stereocenters. The van der Waals surface area contributed by atoms with Crippen molar-refractivity contribution >= 4 is 34.8 Å². The first-order chi connectivity index (χ1) is 15.6. The smallest absolute Gasteiger partial charge is 0.343 e. The van der Waals surface area contributed by atoms with Crippen LogP contribution in [0.5, 0.6) is 0 Å². The van der Waals surface area contributed by atoms with Crippen molar-refractivity contribution < 1.29 is 29.3 Å². The van der Waals surface area contributed by atoms with E-state index in [1.807, 2.05) is 0 Å². The molecule has 3 rings (SSSR count). The maximum absolute atomic E-state index is 12.8. The second-order valence-corrected chi connectivity index (χ2v) is 6.68. The summed E-state index contributed by atoms with van der Waals surface area (Å²) in [6.45, 7) is 2.92. The molecule has 2 aromatic rings. The molecule has 1 heterocycles. The number of carbonyl (C=O) groups is 2. The van der Waals surface area contributed by atoms with Gasteiger partial charge in [0.25, 0.3) is 17.3 Å². The van der Waals surface area contributed by atoms with E-state index in [2.05, 4.69) is 9.98 Å². The lowest BCUT2D eigenvalue weighted by Crippen LogP contribution is -2.18. The number of rotatable bonds is 6. The molecule has 2 aromatic carbocycles. The third kappa shape index (κ3) is 4.63. The zero-order chi connectivity index (χ0) is 24.3. The van der Waals surface area contributed by atoms with Crippen molar-refractivity contribution in [2.45, 2.75) is 13.8 Å². The molecule has 1 N–H and O–H groups in total. The average molecular weight is 452 g/mol. The van der Waals surface area contributed by atoms with E-state index in [1.54, 1.807) is 31.2 Å². The number of aliphatic hydroxyl groups excluding tert-OH is 1. The lowest BCUT2D eigenvalue weighted by molar-refractivity contribution is -0.394. The monoisotopic (exact) mass is 452 g/mol.